The third kappa shape index (κ3) is 5.42. The van der Waals surface area contributed by atoms with Crippen molar-refractivity contribution in [3.05, 3.63) is 94.8 Å². The van der Waals surface area contributed by atoms with E-state index in [4.69, 9.17) is 4.74 Å². The number of benzene rings is 3. The Balaban J connectivity index is 1.52. The molecule has 0 aliphatic carbocycles. The largest absolute Gasteiger partial charge is 0.497 e. The first-order valence-corrected chi connectivity index (χ1v) is 11.5. The molecule has 1 aliphatic heterocycles. The van der Waals surface area contributed by atoms with Gasteiger partial charge < -0.3 is 9.64 Å². The summed E-state index contributed by atoms with van der Waals surface area (Å²) in [7, 11) is 1.67. The smallest absolute Gasteiger partial charge is 0.258 e. The average molecular weight is 447 g/mol. The standard InChI is InChI=1S/C28H31FN2O2/c1-20-5-4-6-23(17-20)28(32)31(25-10-7-21(2)27(29)18-25)24-13-15-30(16-14-24)19-22-8-11-26(33-3)12-9-22/h4-12,17-18,24H,13-16,19H2,1-3H3. The lowest BCUT2D eigenvalue weighted by atomic mass is 9.99. The van der Waals surface area contributed by atoms with E-state index in [2.05, 4.69) is 17.0 Å². The van der Waals surface area contributed by atoms with Crippen LogP contribution in [-0.2, 0) is 6.54 Å². The van der Waals surface area contributed by atoms with E-state index in [1.54, 1.807) is 20.1 Å². The fourth-order valence-electron chi connectivity index (χ4n) is 4.47. The third-order valence-corrected chi connectivity index (χ3v) is 6.40. The molecule has 33 heavy (non-hydrogen) atoms. The maximum Gasteiger partial charge on any atom is 0.258 e. The van der Waals surface area contributed by atoms with Gasteiger partial charge in [0.15, 0.2) is 0 Å². The van der Waals surface area contributed by atoms with Crippen LogP contribution in [0.3, 0.4) is 0 Å². The van der Waals surface area contributed by atoms with Gasteiger partial charge in [0, 0.05) is 36.9 Å². The monoisotopic (exact) mass is 446 g/mol. The van der Waals surface area contributed by atoms with Gasteiger partial charge in [0.2, 0.25) is 0 Å². The molecule has 1 saturated heterocycles. The van der Waals surface area contributed by atoms with E-state index >= 15 is 0 Å². The van der Waals surface area contributed by atoms with Gasteiger partial charge in [-0.25, -0.2) is 4.39 Å². The summed E-state index contributed by atoms with van der Waals surface area (Å²) >= 11 is 0. The molecule has 3 aromatic rings. The summed E-state index contributed by atoms with van der Waals surface area (Å²) in [6.45, 7) is 6.33. The summed E-state index contributed by atoms with van der Waals surface area (Å²) in [6, 6.07) is 20.9. The van der Waals surface area contributed by atoms with Gasteiger partial charge in [-0.3, -0.25) is 9.69 Å². The second kappa shape index (κ2) is 10.2. The molecule has 4 rings (SSSR count). The maximum atomic E-state index is 14.4. The molecule has 5 heteroatoms. The van der Waals surface area contributed by atoms with E-state index in [1.807, 2.05) is 54.3 Å². The van der Waals surface area contributed by atoms with Crippen LogP contribution in [-0.4, -0.2) is 37.0 Å². The lowest BCUT2D eigenvalue weighted by molar-refractivity contribution is 0.0958. The zero-order chi connectivity index (χ0) is 23.4. The second-order valence-corrected chi connectivity index (χ2v) is 8.83. The Kier molecular flexibility index (Phi) is 7.09. The number of hydrogen-bond acceptors (Lipinski definition) is 3. The summed E-state index contributed by atoms with van der Waals surface area (Å²) in [4.78, 5) is 17.8. The van der Waals surface area contributed by atoms with Crippen molar-refractivity contribution in [2.75, 3.05) is 25.1 Å². The first kappa shape index (κ1) is 23.0. The molecule has 0 aromatic heterocycles. The zero-order valence-corrected chi connectivity index (χ0v) is 19.6. The van der Waals surface area contributed by atoms with Crippen LogP contribution in [0.4, 0.5) is 10.1 Å². The lowest BCUT2D eigenvalue weighted by Gasteiger charge is -2.39. The summed E-state index contributed by atoms with van der Waals surface area (Å²) in [5.41, 5.74) is 4.11. The van der Waals surface area contributed by atoms with Crippen molar-refractivity contribution in [2.45, 2.75) is 39.3 Å². The van der Waals surface area contributed by atoms with Crippen LogP contribution in [0.25, 0.3) is 0 Å². The molecule has 1 fully saturated rings. The molecule has 0 bridgehead atoms. The van der Waals surface area contributed by atoms with E-state index in [-0.39, 0.29) is 17.8 Å². The summed E-state index contributed by atoms with van der Waals surface area (Å²) < 4.78 is 19.7. The van der Waals surface area contributed by atoms with Crippen LogP contribution < -0.4 is 9.64 Å². The molecule has 3 aromatic carbocycles. The third-order valence-electron chi connectivity index (χ3n) is 6.40. The van der Waals surface area contributed by atoms with Crippen LogP contribution in [0.2, 0.25) is 0 Å². The van der Waals surface area contributed by atoms with Crippen LogP contribution >= 0.6 is 0 Å². The van der Waals surface area contributed by atoms with Gasteiger partial charge in [-0.1, -0.05) is 35.9 Å². The number of amides is 1. The molecule has 4 nitrogen and oxygen atoms in total. The highest BCUT2D eigenvalue weighted by molar-refractivity contribution is 6.06. The first-order valence-electron chi connectivity index (χ1n) is 11.5. The second-order valence-electron chi connectivity index (χ2n) is 8.83. The van der Waals surface area contributed by atoms with Crippen LogP contribution in [0.15, 0.2) is 66.7 Å². The number of carbonyl (C=O) groups is 1. The number of nitrogens with zero attached hydrogens (tertiary/aromatic N) is 2. The van der Waals surface area contributed by atoms with Gasteiger partial charge in [0.25, 0.3) is 5.91 Å². The van der Waals surface area contributed by atoms with Gasteiger partial charge in [0.1, 0.15) is 11.6 Å². The number of rotatable bonds is 6. The van der Waals surface area contributed by atoms with Gasteiger partial charge >= 0.3 is 0 Å². The molecular formula is C28H31FN2O2. The predicted molar refractivity (Wildman–Crippen MR) is 130 cm³/mol. The van der Waals surface area contributed by atoms with E-state index in [1.165, 1.54) is 11.6 Å². The van der Waals surface area contributed by atoms with Crippen molar-refractivity contribution in [1.82, 2.24) is 4.90 Å². The minimum absolute atomic E-state index is 0.0206. The minimum Gasteiger partial charge on any atom is -0.497 e. The molecule has 0 saturated carbocycles. The summed E-state index contributed by atoms with van der Waals surface area (Å²) in [5, 5.41) is 0. The summed E-state index contributed by atoms with van der Waals surface area (Å²) in [5.74, 6) is 0.495. The molecule has 0 atom stereocenters. The lowest BCUT2D eigenvalue weighted by Crippen LogP contribution is -2.47. The van der Waals surface area contributed by atoms with Gasteiger partial charge in [-0.15, -0.1) is 0 Å². The Morgan fingerprint density at radius 1 is 1.03 bits per heavy atom. The number of ether oxygens (including phenoxy) is 1. The zero-order valence-electron chi connectivity index (χ0n) is 19.6. The SMILES string of the molecule is COc1ccc(CN2CCC(N(C(=O)c3cccc(C)c3)c3ccc(C)c(F)c3)CC2)cc1. The van der Waals surface area contributed by atoms with Crippen molar-refractivity contribution in [3.8, 4) is 5.75 Å². The predicted octanol–water partition coefficient (Wildman–Crippen LogP) is 5.76. The number of anilines is 1. The van der Waals surface area contributed by atoms with Crippen LogP contribution in [0.5, 0.6) is 5.75 Å². The quantitative estimate of drug-likeness (QED) is 0.482. The van der Waals surface area contributed by atoms with Gasteiger partial charge in [0.05, 0.1) is 7.11 Å². The molecule has 172 valence electrons. The average Bonchev–Trinajstić information content (AvgIpc) is 2.83. The molecule has 1 aliphatic rings. The molecule has 0 unspecified atom stereocenters. The molecule has 0 spiro atoms. The number of hydrogen-bond donors (Lipinski definition) is 0. The topological polar surface area (TPSA) is 32.8 Å². The Hall–Kier alpha value is -3.18. The Morgan fingerprint density at radius 3 is 2.39 bits per heavy atom. The van der Waals surface area contributed by atoms with Crippen molar-refractivity contribution in [2.24, 2.45) is 0 Å². The van der Waals surface area contributed by atoms with E-state index < -0.39 is 0 Å². The van der Waals surface area contributed by atoms with Gasteiger partial charge in [-0.05, 0) is 74.2 Å². The molecule has 0 N–H and O–H groups in total. The van der Waals surface area contributed by atoms with Crippen molar-refractivity contribution >= 4 is 11.6 Å². The highest BCUT2D eigenvalue weighted by Crippen LogP contribution is 2.28. The normalized spacial score (nSPS) is 14.8. The van der Waals surface area contributed by atoms with Gasteiger partial charge in [-0.2, -0.15) is 0 Å². The number of likely N-dealkylation sites (tertiary alicyclic amines) is 1. The fraction of sp³-hybridized carbons (Fsp3) is 0.321. The molecule has 1 amide bonds. The Morgan fingerprint density at radius 2 is 1.76 bits per heavy atom. The van der Waals surface area contributed by atoms with Crippen LogP contribution in [0, 0.1) is 19.7 Å². The maximum absolute atomic E-state index is 14.4. The molecule has 0 radical (unpaired) electrons. The fourth-order valence-corrected chi connectivity index (χ4v) is 4.47. The highest BCUT2D eigenvalue weighted by Gasteiger charge is 2.30. The minimum atomic E-state index is -0.286. The number of methoxy groups -OCH3 is 1. The van der Waals surface area contributed by atoms with Crippen LogP contribution in [0.1, 0.15) is 39.9 Å². The molecular weight excluding hydrogens is 415 g/mol. The van der Waals surface area contributed by atoms with E-state index in [0.717, 1.165) is 43.8 Å². The Bertz CT molecular complexity index is 1110. The Labute approximate surface area is 195 Å². The van der Waals surface area contributed by atoms with Crippen molar-refractivity contribution in [1.29, 1.82) is 0 Å². The number of piperidine rings is 1. The van der Waals surface area contributed by atoms with E-state index in [9.17, 15) is 9.18 Å². The number of carbonyl (C=O) groups excluding carboxylic acids is 1. The summed E-state index contributed by atoms with van der Waals surface area (Å²) in [6.07, 6.45) is 1.67. The number of aryl methyl sites for hydroxylation is 2. The molecule has 1 heterocycles. The van der Waals surface area contributed by atoms with Crippen molar-refractivity contribution in [3.63, 3.8) is 0 Å². The van der Waals surface area contributed by atoms with E-state index in [0.29, 0.717) is 16.8 Å². The number of halogens is 1. The highest BCUT2D eigenvalue weighted by atomic mass is 19.1. The first-order chi connectivity index (χ1) is 15.9. The van der Waals surface area contributed by atoms with Crippen molar-refractivity contribution < 1.29 is 13.9 Å².